The summed E-state index contributed by atoms with van der Waals surface area (Å²) in [7, 11) is -6.19. The van der Waals surface area contributed by atoms with Crippen LogP contribution in [0.1, 0.15) is 40.5 Å². The third kappa shape index (κ3) is 11.9. The van der Waals surface area contributed by atoms with E-state index < -0.39 is 30.0 Å². The summed E-state index contributed by atoms with van der Waals surface area (Å²) in [4.78, 5) is 18.5. The maximum absolute atomic E-state index is 12.2. The zero-order valence-corrected chi connectivity index (χ0v) is 42.5. The molecule has 4 heterocycles. The lowest BCUT2D eigenvalue weighted by atomic mass is 10.0. The van der Waals surface area contributed by atoms with Gasteiger partial charge in [-0.2, -0.15) is 21.8 Å². The van der Waals surface area contributed by atoms with Gasteiger partial charge in [0, 0.05) is 49.9 Å². The van der Waals surface area contributed by atoms with E-state index in [1.807, 2.05) is 38.7 Å². The number of halogens is 2. The molecule has 6 rings (SSSR count). The number of anilines is 3. The predicted octanol–water partition coefficient (Wildman–Crippen LogP) is 11.4. The average Bonchev–Trinajstić information content (AvgIpc) is 3.79. The number of ether oxygens (including phenoxy) is 3. The minimum atomic E-state index is -4.63. The van der Waals surface area contributed by atoms with E-state index in [2.05, 4.69) is 62.5 Å². The van der Waals surface area contributed by atoms with Gasteiger partial charge in [-0.3, -0.25) is 9.11 Å². The van der Waals surface area contributed by atoms with Gasteiger partial charge in [-0.05, 0) is 83.3 Å². The highest BCUT2D eigenvalue weighted by Crippen LogP contribution is 2.45. The Morgan fingerprint density at radius 1 is 0.844 bits per heavy atom. The smallest absolute Gasteiger partial charge is 0.297 e. The van der Waals surface area contributed by atoms with Crippen molar-refractivity contribution in [3.63, 3.8) is 0 Å². The van der Waals surface area contributed by atoms with Crippen LogP contribution in [-0.4, -0.2) is 95.7 Å². The third-order valence-electron chi connectivity index (χ3n) is 9.71. The Morgan fingerprint density at radius 2 is 1.45 bits per heavy atom. The normalized spacial score (nSPS) is 16.4. The van der Waals surface area contributed by atoms with Crippen LogP contribution >= 0.6 is 66.3 Å². The second kappa shape index (κ2) is 21.6. The zero-order valence-electron chi connectivity index (χ0n) is 35.3. The molecule has 0 aliphatic carbocycles. The topological polar surface area (TPSA) is 241 Å². The first-order valence-electron chi connectivity index (χ1n) is 19.5. The monoisotopic (exact) mass is 1100 g/mol. The van der Waals surface area contributed by atoms with Gasteiger partial charge in [0.05, 0.1) is 56.2 Å². The number of methoxy groups -OCH3 is 2. The number of thioether (sulfide) groups is 1. The summed E-state index contributed by atoms with van der Waals surface area (Å²) in [6, 6.07) is 9.41. The van der Waals surface area contributed by atoms with Crippen LogP contribution in [0.3, 0.4) is 0 Å². The molecule has 3 N–H and O–H groups in total. The van der Waals surface area contributed by atoms with Crippen LogP contribution in [0.4, 0.5) is 44.1 Å². The van der Waals surface area contributed by atoms with Crippen LogP contribution in [0.15, 0.2) is 89.2 Å². The molecule has 2 aromatic heterocycles. The van der Waals surface area contributed by atoms with Gasteiger partial charge >= 0.3 is 0 Å². The molecule has 19 nitrogen and oxygen atoms in total. The van der Waals surface area contributed by atoms with Crippen molar-refractivity contribution in [1.82, 2.24) is 0 Å². The average molecular weight is 1100 g/mol. The summed E-state index contributed by atoms with van der Waals surface area (Å²) in [5, 5.41) is 21.5. The molecule has 2 aliphatic heterocycles. The van der Waals surface area contributed by atoms with Crippen molar-refractivity contribution in [2.45, 2.75) is 50.3 Å². The lowest BCUT2D eigenvalue weighted by Gasteiger charge is -2.26. The highest BCUT2D eigenvalue weighted by molar-refractivity contribution is 9.11. The van der Waals surface area contributed by atoms with E-state index in [4.69, 9.17) is 29.2 Å². The number of nitrogens with one attached hydrogen (secondary N) is 1. The minimum Gasteiger partial charge on any atom is -0.494 e. The van der Waals surface area contributed by atoms with E-state index >= 15 is 0 Å². The summed E-state index contributed by atoms with van der Waals surface area (Å²) in [6.07, 6.45) is 1.09. The number of azo groups is 2. The molecule has 0 amide bonds. The van der Waals surface area contributed by atoms with Crippen molar-refractivity contribution in [3.05, 3.63) is 44.0 Å². The quantitative estimate of drug-likeness (QED) is 0.0787. The number of hydrogen-bond acceptors (Lipinski definition) is 20. The first-order valence-corrected chi connectivity index (χ1v) is 26.6. The third-order valence-corrected chi connectivity index (χ3v) is 15.7. The zero-order chi connectivity index (χ0) is 46.3. The SMILES string of the molecule is CCC1CC2=NC(Nc3cc(N(CC)CC)c(OC)cc3N=Nc3sc(Br)cc3S(=O)(=O)O)=NC1=Nc1cc(c(OC)cc1N=Nc1sc(Br)cc1S(=O)(=O)O)N(CC)COCCS2. The number of nitrogens with zero attached hydrogens (tertiary/aromatic N) is 9. The van der Waals surface area contributed by atoms with E-state index in [1.54, 1.807) is 18.2 Å². The van der Waals surface area contributed by atoms with Crippen LogP contribution in [0.2, 0.25) is 0 Å². The first kappa shape index (κ1) is 49.6. The van der Waals surface area contributed by atoms with E-state index in [0.29, 0.717) is 86.8 Å². The largest absolute Gasteiger partial charge is 0.494 e. The Kier molecular flexibility index (Phi) is 16.8. The fourth-order valence-corrected chi connectivity index (χ4v) is 12.4. The standard InChI is InChI=1S/C38H44Br2N10O9S5/c1-7-21-13-34-43-38(42-23-15-26(49(8-2)9-3)28(57-5)17-25(23)46-48-37-31(64(54,55)56)19-33(40)62-37)44-35(21)41-22-14-27(50(10-4)20-59-11-12-60-34)29(58-6)16-24(22)45-47-36-30(63(51,52)53)18-32(39)61-36/h14-19,21H,7-13,20H2,1-6H3,(H,41,42,44)(H,51,52,53)(H,54,55,56). The fourth-order valence-electron chi connectivity index (χ4n) is 6.47. The molecule has 4 bridgehead atoms. The number of rotatable bonds is 14. The molecule has 2 aromatic carbocycles. The maximum atomic E-state index is 12.2. The van der Waals surface area contributed by atoms with Crippen LogP contribution in [0.5, 0.6) is 11.5 Å². The number of amidine groups is 1. The van der Waals surface area contributed by atoms with Crippen LogP contribution in [-0.2, 0) is 25.0 Å². The molecule has 1 atom stereocenters. The molecule has 344 valence electrons. The molecule has 0 radical (unpaired) electrons. The number of aliphatic imine (C=N–C) groups is 3. The lowest BCUT2D eigenvalue weighted by molar-refractivity contribution is 0.150. The summed E-state index contributed by atoms with van der Waals surface area (Å²) < 4.78 is 87.4. The van der Waals surface area contributed by atoms with Gasteiger partial charge in [-0.15, -0.1) is 54.9 Å². The number of benzene rings is 2. The molecule has 26 heteroatoms. The van der Waals surface area contributed by atoms with Gasteiger partial charge in [-0.25, -0.2) is 9.98 Å². The van der Waals surface area contributed by atoms with Crippen molar-refractivity contribution in [2.75, 3.05) is 68.1 Å². The van der Waals surface area contributed by atoms with Gasteiger partial charge in [0.1, 0.15) is 45.2 Å². The Hall–Kier alpha value is -3.86. The fraction of sp³-hybridized carbons (Fsp3) is 0.395. The Morgan fingerprint density at radius 3 is 2.02 bits per heavy atom. The van der Waals surface area contributed by atoms with Crippen molar-refractivity contribution in [3.8, 4) is 11.5 Å². The highest BCUT2D eigenvalue weighted by Gasteiger charge is 2.27. The van der Waals surface area contributed by atoms with Gasteiger partial charge in [0.25, 0.3) is 20.2 Å². The molecule has 0 saturated carbocycles. The van der Waals surface area contributed by atoms with E-state index in [0.717, 1.165) is 33.4 Å². The second-order valence-corrected chi connectivity index (χ2v) is 22.4. The molecule has 0 saturated heterocycles. The highest BCUT2D eigenvalue weighted by atomic mass is 79.9. The summed E-state index contributed by atoms with van der Waals surface area (Å²) >= 11 is 10.0. The van der Waals surface area contributed by atoms with Crippen LogP contribution in [0.25, 0.3) is 0 Å². The molecule has 0 spiro atoms. The predicted molar refractivity (Wildman–Crippen MR) is 262 cm³/mol. The molecular formula is C38H44Br2N10O9S5. The lowest BCUT2D eigenvalue weighted by Crippen LogP contribution is -2.27. The van der Waals surface area contributed by atoms with Crippen molar-refractivity contribution < 1.29 is 40.2 Å². The number of guanidine groups is 1. The first-order chi connectivity index (χ1) is 30.5. The second-order valence-electron chi connectivity index (χ2n) is 13.6. The number of thiophene rings is 2. The van der Waals surface area contributed by atoms with E-state index in [1.165, 1.54) is 38.1 Å². The molecule has 64 heavy (non-hydrogen) atoms. The van der Waals surface area contributed by atoms with Gasteiger partial charge in [0.2, 0.25) is 5.96 Å². The minimum absolute atomic E-state index is 0.0511. The maximum Gasteiger partial charge on any atom is 0.297 e. The van der Waals surface area contributed by atoms with E-state index in [9.17, 15) is 25.9 Å². The Labute approximate surface area is 400 Å². The Bertz CT molecular complexity index is 2760. The number of hydrogen-bond donors (Lipinski definition) is 3. The van der Waals surface area contributed by atoms with Crippen molar-refractivity contribution in [1.29, 1.82) is 0 Å². The van der Waals surface area contributed by atoms with Crippen molar-refractivity contribution >= 4 is 147 Å². The van der Waals surface area contributed by atoms with Crippen LogP contribution in [0, 0.1) is 5.92 Å². The molecule has 0 fully saturated rings. The molecular weight excluding hydrogens is 1060 g/mol. The molecule has 2 aliphatic rings. The van der Waals surface area contributed by atoms with Crippen LogP contribution < -0.4 is 24.6 Å². The van der Waals surface area contributed by atoms with Crippen molar-refractivity contribution in [2.24, 2.45) is 41.4 Å². The molecule has 1 unspecified atom stereocenters. The van der Waals surface area contributed by atoms with Gasteiger partial charge in [0.15, 0.2) is 10.0 Å². The molecule has 4 aromatic rings. The summed E-state index contributed by atoms with van der Waals surface area (Å²) in [5.41, 5.74) is 2.56. The summed E-state index contributed by atoms with van der Waals surface area (Å²) in [6.45, 7) is 10.5. The van der Waals surface area contributed by atoms with Gasteiger partial charge < -0.3 is 29.3 Å². The van der Waals surface area contributed by atoms with E-state index in [-0.39, 0.29) is 40.0 Å². The van der Waals surface area contributed by atoms with Gasteiger partial charge in [-0.1, -0.05) is 6.92 Å². The summed E-state index contributed by atoms with van der Waals surface area (Å²) in [5.74, 6) is 1.80. The Balaban J connectivity index is 1.57. The number of fused-ring (bicyclic) bond motifs is 5.